The molecule has 24 heavy (non-hydrogen) atoms. The Bertz CT molecular complexity index is 591. The second-order valence-corrected chi connectivity index (χ2v) is 7.00. The van der Waals surface area contributed by atoms with E-state index in [0.29, 0.717) is 18.1 Å². The number of anilines is 1. The van der Waals surface area contributed by atoms with Crippen LogP contribution < -0.4 is 5.32 Å². The third-order valence-corrected chi connectivity index (χ3v) is 5.20. The second kappa shape index (κ2) is 8.52. The number of nitrogens with zero attached hydrogens (tertiary/aromatic N) is 1. The van der Waals surface area contributed by atoms with Crippen LogP contribution in [0.15, 0.2) is 18.2 Å². The van der Waals surface area contributed by atoms with Gasteiger partial charge < -0.3 is 10.2 Å². The van der Waals surface area contributed by atoms with Crippen molar-refractivity contribution >= 4 is 29.1 Å². The zero-order valence-corrected chi connectivity index (χ0v) is 15.5. The predicted octanol–water partition coefficient (Wildman–Crippen LogP) is 4.26. The number of aryl methyl sites for hydroxylation is 1. The molecule has 0 aliphatic carbocycles. The minimum absolute atomic E-state index is 0.0231. The number of piperidine rings is 1. The van der Waals surface area contributed by atoms with Crippen LogP contribution in [0.3, 0.4) is 0 Å². The summed E-state index contributed by atoms with van der Waals surface area (Å²) in [5.74, 6) is 0.332. The largest absolute Gasteiger partial charge is 0.342 e. The van der Waals surface area contributed by atoms with E-state index in [1.54, 1.807) is 6.07 Å². The molecule has 0 bridgehead atoms. The number of rotatable bonds is 5. The van der Waals surface area contributed by atoms with Crippen LogP contribution in [0.2, 0.25) is 5.02 Å². The molecule has 1 N–H and O–H groups in total. The van der Waals surface area contributed by atoms with Gasteiger partial charge in [-0.25, -0.2) is 0 Å². The topological polar surface area (TPSA) is 49.4 Å². The molecule has 1 saturated heterocycles. The van der Waals surface area contributed by atoms with Gasteiger partial charge in [-0.05, 0) is 50.3 Å². The van der Waals surface area contributed by atoms with E-state index in [1.165, 1.54) is 0 Å². The summed E-state index contributed by atoms with van der Waals surface area (Å²) in [4.78, 5) is 26.8. The molecule has 1 heterocycles. The second-order valence-electron chi connectivity index (χ2n) is 6.56. The summed E-state index contributed by atoms with van der Waals surface area (Å²) < 4.78 is 0. The molecule has 4 nitrogen and oxygen atoms in total. The fraction of sp³-hybridized carbons (Fsp3) is 0.579. The van der Waals surface area contributed by atoms with Crippen LogP contribution >= 0.6 is 11.6 Å². The quantitative estimate of drug-likeness (QED) is 0.862. The van der Waals surface area contributed by atoms with E-state index in [0.717, 1.165) is 36.9 Å². The number of amides is 2. The highest BCUT2D eigenvalue weighted by atomic mass is 35.5. The third-order valence-electron chi connectivity index (χ3n) is 4.97. The van der Waals surface area contributed by atoms with Crippen molar-refractivity contribution in [2.75, 3.05) is 18.4 Å². The number of hydrogen-bond donors (Lipinski definition) is 1. The molecule has 0 saturated carbocycles. The Morgan fingerprint density at radius 2 is 1.88 bits per heavy atom. The number of halogens is 1. The Hall–Kier alpha value is -1.55. The van der Waals surface area contributed by atoms with Gasteiger partial charge in [0, 0.05) is 35.6 Å². The summed E-state index contributed by atoms with van der Waals surface area (Å²) in [6.07, 6.45) is 3.20. The molecule has 132 valence electrons. The molecular weight excluding hydrogens is 324 g/mol. The van der Waals surface area contributed by atoms with Gasteiger partial charge in [0.05, 0.1) is 0 Å². The highest BCUT2D eigenvalue weighted by Crippen LogP contribution is 2.25. The molecule has 0 radical (unpaired) electrons. The number of benzene rings is 1. The number of carbonyl (C=O) groups excluding carboxylic acids is 2. The predicted molar refractivity (Wildman–Crippen MR) is 98.2 cm³/mol. The Morgan fingerprint density at radius 3 is 2.46 bits per heavy atom. The monoisotopic (exact) mass is 350 g/mol. The van der Waals surface area contributed by atoms with Crippen molar-refractivity contribution in [2.45, 2.75) is 46.5 Å². The molecule has 0 unspecified atom stereocenters. The lowest BCUT2D eigenvalue weighted by molar-refractivity contribution is -0.138. The Balaban J connectivity index is 1.91. The Morgan fingerprint density at radius 1 is 1.25 bits per heavy atom. The standard InChI is InChI=1S/C19H27ClN2O2/c1-4-14(5-2)19(24)22-10-8-15(9-11-22)18(23)21-17-12-16(20)7-6-13(17)3/h6-7,12,14-15H,4-5,8-11H2,1-3H3,(H,21,23). The van der Waals surface area contributed by atoms with E-state index in [1.807, 2.05) is 24.0 Å². The summed E-state index contributed by atoms with van der Waals surface area (Å²) in [7, 11) is 0. The number of carbonyl (C=O) groups is 2. The minimum atomic E-state index is -0.0471. The number of nitrogens with one attached hydrogen (secondary N) is 1. The first-order valence-corrected chi connectivity index (χ1v) is 9.19. The van der Waals surface area contributed by atoms with Crippen molar-refractivity contribution < 1.29 is 9.59 Å². The summed E-state index contributed by atoms with van der Waals surface area (Å²) in [5.41, 5.74) is 1.76. The molecule has 0 atom stereocenters. The first kappa shape index (κ1) is 18.8. The summed E-state index contributed by atoms with van der Waals surface area (Å²) in [6, 6.07) is 5.49. The molecule has 5 heteroatoms. The van der Waals surface area contributed by atoms with Gasteiger partial charge in [0.25, 0.3) is 0 Å². The van der Waals surface area contributed by atoms with Crippen LogP contribution in [0.1, 0.15) is 45.1 Å². The minimum Gasteiger partial charge on any atom is -0.342 e. The highest BCUT2D eigenvalue weighted by molar-refractivity contribution is 6.31. The molecule has 1 fully saturated rings. The maximum absolute atomic E-state index is 12.5. The van der Waals surface area contributed by atoms with Gasteiger partial charge in [-0.2, -0.15) is 0 Å². The van der Waals surface area contributed by atoms with Crippen LogP contribution in [0.25, 0.3) is 0 Å². The molecular formula is C19H27ClN2O2. The van der Waals surface area contributed by atoms with Crippen LogP contribution in [-0.4, -0.2) is 29.8 Å². The normalized spacial score (nSPS) is 15.6. The SMILES string of the molecule is CCC(CC)C(=O)N1CCC(C(=O)Nc2cc(Cl)ccc2C)CC1. The van der Waals surface area contributed by atoms with Gasteiger partial charge in [0.2, 0.25) is 11.8 Å². The van der Waals surface area contributed by atoms with Crippen molar-refractivity contribution in [1.29, 1.82) is 0 Å². The van der Waals surface area contributed by atoms with Gasteiger partial charge in [0.15, 0.2) is 0 Å². The lowest BCUT2D eigenvalue weighted by atomic mass is 9.93. The van der Waals surface area contributed by atoms with Crippen molar-refractivity contribution in [3.8, 4) is 0 Å². The maximum atomic E-state index is 12.5. The fourth-order valence-electron chi connectivity index (χ4n) is 3.22. The van der Waals surface area contributed by atoms with E-state index in [4.69, 9.17) is 11.6 Å². The van der Waals surface area contributed by atoms with Crippen molar-refractivity contribution in [2.24, 2.45) is 11.8 Å². The van der Waals surface area contributed by atoms with E-state index >= 15 is 0 Å². The van der Waals surface area contributed by atoms with Crippen LogP contribution in [0.5, 0.6) is 0 Å². The average Bonchev–Trinajstić information content (AvgIpc) is 2.59. The average molecular weight is 351 g/mol. The highest BCUT2D eigenvalue weighted by Gasteiger charge is 2.29. The zero-order chi connectivity index (χ0) is 17.7. The summed E-state index contributed by atoms with van der Waals surface area (Å²) in [6.45, 7) is 7.39. The Labute approximate surface area is 149 Å². The molecule has 2 amide bonds. The van der Waals surface area contributed by atoms with E-state index < -0.39 is 0 Å². The van der Waals surface area contributed by atoms with Gasteiger partial charge in [-0.1, -0.05) is 31.5 Å². The molecule has 0 spiro atoms. The first-order valence-electron chi connectivity index (χ1n) is 8.82. The van der Waals surface area contributed by atoms with Gasteiger partial charge >= 0.3 is 0 Å². The molecule has 1 aromatic carbocycles. The molecule has 2 rings (SSSR count). The maximum Gasteiger partial charge on any atom is 0.227 e. The van der Waals surface area contributed by atoms with Crippen molar-refractivity contribution in [1.82, 2.24) is 4.90 Å². The Kier molecular flexibility index (Phi) is 6.67. The molecule has 1 aromatic rings. The summed E-state index contributed by atoms with van der Waals surface area (Å²) >= 11 is 6.00. The van der Waals surface area contributed by atoms with Crippen LogP contribution in [-0.2, 0) is 9.59 Å². The molecule has 0 aromatic heterocycles. The van der Waals surface area contributed by atoms with E-state index in [-0.39, 0.29) is 23.7 Å². The van der Waals surface area contributed by atoms with Crippen molar-refractivity contribution in [3.63, 3.8) is 0 Å². The molecule has 1 aliphatic heterocycles. The van der Waals surface area contributed by atoms with Gasteiger partial charge in [-0.15, -0.1) is 0 Å². The molecule has 1 aliphatic rings. The van der Waals surface area contributed by atoms with Crippen LogP contribution in [0, 0.1) is 18.8 Å². The number of hydrogen-bond acceptors (Lipinski definition) is 2. The summed E-state index contributed by atoms with van der Waals surface area (Å²) in [5, 5.41) is 3.60. The lowest BCUT2D eigenvalue weighted by Gasteiger charge is -2.33. The lowest BCUT2D eigenvalue weighted by Crippen LogP contribution is -2.43. The number of likely N-dealkylation sites (tertiary alicyclic amines) is 1. The smallest absolute Gasteiger partial charge is 0.227 e. The first-order chi connectivity index (χ1) is 11.5. The van der Waals surface area contributed by atoms with Gasteiger partial charge in [0.1, 0.15) is 0 Å². The van der Waals surface area contributed by atoms with Gasteiger partial charge in [-0.3, -0.25) is 9.59 Å². The zero-order valence-electron chi connectivity index (χ0n) is 14.8. The third kappa shape index (κ3) is 4.50. The van der Waals surface area contributed by atoms with E-state index in [9.17, 15) is 9.59 Å². The van der Waals surface area contributed by atoms with E-state index in [2.05, 4.69) is 19.2 Å². The van der Waals surface area contributed by atoms with Crippen LogP contribution in [0.4, 0.5) is 5.69 Å². The van der Waals surface area contributed by atoms with Crippen molar-refractivity contribution in [3.05, 3.63) is 28.8 Å². The fourth-order valence-corrected chi connectivity index (χ4v) is 3.39.